The lowest BCUT2D eigenvalue weighted by molar-refractivity contribution is -0.141. The van der Waals surface area contributed by atoms with Gasteiger partial charge < -0.3 is 25.2 Å². The van der Waals surface area contributed by atoms with Crippen LogP contribution in [0.4, 0.5) is 5.69 Å². The van der Waals surface area contributed by atoms with Crippen molar-refractivity contribution >= 4 is 39.3 Å². The Hall–Kier alpha value is -2.23. The molecule has 1 aromatic rings. The second kappa shape index (κ2) is 11.6. The predicted octanol–water partition coefficient (Wildman–Crippen LogP) is 4.11. The summed E-state index contributed by atoms with van der Waals surface area (Å²) in [6.45, 7) is 5.85. The third-order valence-electron chi connectivity index (χ3n) is 9.74. The Balaban J connectivity index is 1.22. The van der Waals surface area contributed by atoms with E-state index in [9.17, 15) is 14.4 Å². The van der Waals surface area contributed by atoms with Crippen LogP contribution in [0.2, 0.25) is 0 Å². The van der Waals surface area contributed by atoms with Gasteiger partial charge in [0.25, 0.3) is 0 Å². The molecule has 2 bridgehead atoms. The van der Waals surface area contributed by atoms with Gasteiger partial charge in [0.2, 0.25) is 17.7 Å². The normalized spacial score (nSPS) is 32.5. The van der Waals surface area contributed by atoms with E-state index < -0.39 is 29.6 Å². The third-order valence-corrected chi connectivity index (χ3v) is 10.3. The Kier molecular flexibility index (Phi) is 8.07. The number of hydrogen-bond acceptors (Lipinski definition) is 5. The molecule has 9 heteroatoms. The molecule has 0 aromatic heterocycles. The van der Waals surface area contributed by atoms with E-state index in [2.05, 4.69) is 38.4 Å². The number of benzene rings is 1. The highest BCUT2D eigenvalue weighted by atomic mass is 79.9. The first-order valence-electron chi connectivity index (χ1n) is 15.1. The number of amides is 3. The number of carbonyl (C=O) groups excluding carboxylic acids is 3. The van der Waals surface area contributed by atoms with Crippen LogP contribution in [0.3, 0.4) is 0 Å². The van der Waals surface area contributed by atoms with Crippen molar-refractivity contribution in [1.29, 1.82) is 0 Å². The van der Waals surface area contributed by atoms with E-state index in [1.54, 1.807) is 4.90 Å². The first-order chi connectivity index (χ1) is 19.4. The number of piperidine rings is 1. The Morgan fingerprint density at radius 1 is 1.02 bits per heavy atom. The van der Waals surface area contributed by atoms with Crippen LogP contribution in [-0.2, 0) is 19.1 Å². The van der Waals surface area contributed by atoms with Crippen molar-refractivity contribution in [3.05, 3.63) is 40.9 Å². The predicted molar refractivity (Wildman–Crippen MR) is 156 cm³/mol. The lowest BCUT2D eigenvalue weighted by Gasteiger charge is -2.35. The Bertz CT molecular complexity index is 1140. The zero-order chi connectivity index (χ0) is 27.9. The number of halogens is 1. The van der Waals surface area contributed by atoms with Gasteiger partial charge in [-0.2, -0.15) is 0 Å². The lowest BCUT2D eigenvalue weighted by atomic mass is 9.74. The first kappa shape index (κ1) is 27.9. The summed E-state index contributed by atoms with van der Waals surface area (Å²) in [6, 6.07) is 6.75. The average molecular weight is 614 g/mol. The fourth-order valence-corrected chi connectivity index (χ4v) is 7.81. The van der Waals surface area contributed by atoms with Crippen LogP contribution in [0.1, 0.15) is 58.3 Å². The van der Waals surface area contributed by atoms with Gasteiger partial charge in [0, 0.05) is 22.7 Å². The van der Waals surface area contributed by atoms with E-state index in [4.69, 9.17) is 4.74 Å². The van der Waals surface area contributed by atoms with Gasteiger partial charge in [0.1, 0.15) is 11.6 Å². The molecule has 8 nitrogen and oxygen atoms in total. The molecule has 4 fully saturated rings. The molecular weight excluding hydrogens is 572 g/mol. The van der Waals surface area contributed by atoms with E-state index in [-0.39, 0.29) is 23.8 Å². The molecule has 40 heavy (non-hydrogen) atoms. The molecule has 1 aliphatic carbocycles. The zero-order valence-corrected chi connectivity index (χ0v) is 24.9. The quantitative estimate of drug-likeness (QED) is 0.431. The molecule has 1 spiro atoms. The van der Waals surface area contributed by atoms with Crippen molar-refractivity contribution < 1.29 is 19.1 Å². The maximum Gasteiger partial charge on any atom is 0.246 e. The minimum Gasteiger partial charge on any atom is -0.359 e. The van der Waals surface area contributed by atoms with Crippen molar-refractivity contribution in [2.45, 2.75) is 82.1 Å². The zero-order valence-electron chi connectivity index (χ0n) is 23.3. The van der Waals surface area contributed by atoms with E-state index in [1.807, 2.05) is 36.4 Å². The first-order valence-corrected chi connectivity index (χ1v) is 15.9. The number of ether oxygens (including phenoxy) is 1. The number of nitrogens with one attached hydrogen (secondary N) is 2. The minimum atomic E-state index is -1.11. The number of carbonyl (C=O) groups is 3. The Morgan fingerprint density at radius 2 is 1.75 bits per heavy atom. The van der Waals surface area contributed by atoms with Crippen molar-refractivity contribution in [3.8, 4) is 0 Å². The highest BCUT2D eigenvalue weighted by molar-refractivity contribution is 9.10. The smallest absolute Gasteiger partial charge is 0.246 e. The van der Waals surface area contributed by atoms with Gasteiger partial charge in [-0.05, 0) is 81.9 Å². The summed E-state index contributed by atoms with van der Waals surface area (Å²) in [5.41, 5.74) is -0.443. The highest BCUT2D eigenvalue weighted by Crippen LogP contribution is 2.55. The van der Waals surface area contributed by atoms with E-state index in [0.717, 1.165) is 62.1 Å². The molecule has 0 radical (unpaired) electrons. The van der Waals surface area contributed by atoms with Gasteiger partial charge >= 0.3 is 0 Å². The molecule has 1 saturated carbocycles. The molecule has 5 aliphatic rings. The van der Waals surface area contributed by atoms with Crippen LogP contribution in [-0.4, -0.2) is 77.5 Å². The summed E-state index contributed by atoms with van der Waals surface area (Å²) in [4.78, 5) is 45.9. The fraction of sp³-hybridized carbons (Fsp3) is 0.645. The summed E-state index contributed by atoms with van der Waals surface area (Å²) in [5, 5.41) is 6.26. The summed E-state index contributed by atoms with van der Waals surface area (Å²) >= 11 is 3.43. The van der Waals surface area contributed by atoms with E-state index in [1.165, 1.54) is 19.3 Å². The number of fused-ring (bicyclic) bond motifs is 1. The largest absolute Gasteiger partial charge is 0.359 e. The highest BCUT2D eigenvalue weighted by Gasteiger charge is 2.72. The molecule has 4 aliphatic heterocycles. The van der Waals surface area contributed by atoms with Gasteiger partial charge in [-0.25, -0.2) is 0 Å². The standard InChI is InChI=1S/C31H41BrN4O4/c1-20-13-18-35(19-14-20)16-5-17-36-27(29(38)34-22-6-3-2-4-7-22)31-15-12-24(40-31)25(26(31)30(36)39)28(37)33-23-10-8-21(32)9-11-23/h8-12,15,20,22,24-27H,2-7,13-14,16-19H2,1H3,(H,33,37)(H,34,38)/t24-,25?,26-,27?,31?/m0/s1. The van der Waals surface area contributed by atoms with E-state index >= 15 is 0 Å². The van der Waals surface area contributed by atoms with Gasteiger partial charge in [-0.3, -0.25) is 14.4 Å². The van der Waals surface area contributed by atoms with Crippen molar-refractivity contribution in [2.75, 3.05) is 31.5 Å². The number of rotatable bonds is 8. The molecule has 3 unspecified atom stereocenters. The van der Waals surface area contributed by atoms with Gasteiger partial charge in [0.05, 0.1) is 17.9 Å². The molecule has 4 heterocycles. The van der Waals surface area contributed by atoms with Crippen LogP contribution >= 0.6 is 15.9 Å². The van der Waals surface area contributed by atoms with Crippen molar-refractivity contribution in [3.63, 3.8) is 0 Å². The molecule has 2 N–H and O–H groups in total. The molecule has 5 atom stereocenters. The van der Waals surface area contributed by atoms with Crippen LogP contribution in [0.25, 0.3) is 0 Å². The van der Waals surface area contributed by atoms with Crippen LogP contribution in [0.15, 0.2) is 40.9 Å². The number of hydrogen-bond donors (Lipinski definition) is 2. The van der Waals surface area contributed by atoms with Crippen LogP contribution in [0, 0.1) is 17.8 Å². The Morgan fingerprint density at radius 3 is 2.48 bits per heavy atom. The summed E-state index contributed by atoms with van der Waals surface area (Å²) < 4.78 is 7.41. The maximum atomic E-state index is 14.1. The second-order valence-electron chi connectivity index (χ2n) is 12.5. The van der Waals surface area contributed by atoms with Crippen molar-refractivity contribution in [2.24, 2.45) is 17.8 Å². The molecule has 6 rings (SSSR count). The average Bonchev–Trinajstić information content (AvgIpc) is 3.59. The van der Waals surface area contributed by atoms with Crippen LogP contribution in [0.5, 0.6) is 0 Å². The number of nitrogens with zero attached hydrogens (tertiary/aromatic N) is 2. The van der Waals surface area contributed by atoms with Crippen molar-refractivity contribution in [1.82, 2.24) is 15.1 Å². The SMILES string of the molecule is CC1CCN(CCCN2C(=O)[C@@H]3C(C(=O)Nc4ccc(Br)cc4)[C@@H]4C=CC3(O4)C2C(=O)NC2CCCCC2)CC1. The fourth-order valence-electron chi connectivity index (χ4n) is 7.54. The Labute approximate surface area is 245 Å². The van der Waals surface area contributed by atoms with E-state index in [0.29, 0.717) is 12.2 Å². The molecule has 1 aromatic carbocycles. The van der Waals surface area contributed by atoms with Gasteiger partial charge in [-0.15, -0.1) is 0 Å². The second-order valence-corrected chi connectivity index (χ2v) is 13.4. The summed E-state index contributed by atoms with van der Waals surface area (Å²) in [5.74, 6) is -1.15. The summed E-state index contributed by atoms with van der Waals surface area (Å²) in [7, 11) is 0. The summed E-state index contributed by atoms with van der Waals surface area (Å²) in [6.07, 6.45) is 11.8. The molecule has 3 amide bonds. The topological polar surface area (TPSA) is 91.0 Å². The maximum absolute atomic E-state index is 14.1. The molecule has 216 valence electrons. The number of anilines is 1. The van der Waals surface area contributed by atoms with Crippen LogP contribution < -0.4 is 10.6 Å². The number of likely N-dealkylation sites (tertiary alicyclic amines) is 2. The minimum absolute atomic E-state index is 0.128. The van der Waals surface area contributed by atoms with Gasteiger partial charge in [0.15, 0.2) is 0 Å². The lowest BCUT2D eigenvalue weighted by Crippen LogP contribution is -2.56. The van der Waals surface area contributed by atoms with Gasteiger partial charge in [-0.1, -0.05) is 54.3 Å². The monoisotopic (exact) mass is 612 g/mol. The molecular formula is C31H41BrN4O4. The molecule has 3 saturated heterocycles. The third kappa shape index (κ3) is 5.25.